The van der Waals surface area contributed by atoms with Crippen molar-refractivity contribution in [1.29, 1.82) is 0 Å². The summed E-state index contributed by atoms with van der Waals surface area (Å²) in [6, 6.07) is -0.0256. The van der Waals surface area contributed by atoms with Crippen molar-refractivity contribution < 1.29 is 13.2 Å². The molecule has 2 rings (SSSR count). The molecule has 1 amide bonds. The van der Waals surface area contributed by atoms with Crippen LogP contribution in [-0.2, 0) is 14.8 Å². The number of nitrogens with zero attached hydrogens (tertiary/aromatic N) is 1. The highest BCUT2D eigenvalue weighted by molar-refractivity contribution is 7.88. The third kappa shape index (κ3) is 4.45. The molecule has 2 atom stereocenters. The maximum absolute atomic E-state index is 11.9. The first-order valence-corrected chi connectivity index (χ1v) is 8.95. The second-order valence-corrected chi connectivity index (χ2v) is 8.03. The first-order valence-electron chi connectivity index (χ1n) is 7.10. The van der Waals surface area contributed by atoms with Crippen molar-refractivity contribution in [2.45, 2.75) is 45.1 Å². The van der Waals surface area contributed by atoms with Crippen molar-refractivity contribution in [3.8, 4) is 0 Å². The number of nitrogens with one attached hydrogen (secondary N) is 1. The second kappa shape index (κ2) is 5.79. The van der Waals surface area contributed by atoms with Crippen LogP contribution in [0.3, 0.4) is 0 Å². The van der Waals surface area contributed by atoms with Gasteiger partial charge in [0.2, 0.25) is 15.9 Å². The Kier molecular flexibility index (Phi) is 4.50. The Morgan fingerprint density at radius 3 is 2.63 bits per heavy atom. The summed E-state index contributed by atoms with van der Waals surface area (Å²) >= 11 is 0. The van der Waals surface area contributed by atoms with Gasteiger partial charge in [-0.3, -0.25) is 4.79 Å². The van der Waals surface area contributed by atoms with Gasteiger partial charge in [0, 0.05) is 25.6 Å². The lowest BCUT2D eigenvalue weighted by atomic mass is 10.0. The van der Waals surface area contributed by atoms with E-state index in [0.717, 1.165) is 18.8 Å². The third-order valence-corrected chi connectivity index (χ3v) is 5.42. The molecule has 1 saturated heterocycles. The molecule has 0 unspecified atom stereocenters. The Morgan fingerprint density at radius 1 is 1.37 bits per heavy atom. The topological polar surface area (TPSA) is 66.5 Å². The van der Waals surface area contributed by atoms with E-state index in [1.165, 1.54) is 23.4 Å². The summed E-state index contributed by atoms with van der Waals surface area (Å²) in [4.78, 5) is 11.9. The van der Waals surface area contributed by atoms with Gasteiger partial charge < -0.3 is 5.32 Å². The molecule has 2 aliphatic rings. The van der Waals surface area contributed by atoms with Crippen molar-refractivity contribution >= 4 is 15.9 Å². The molecular formula is C13H24N2O3S. The second-order valence-electron chi connectivity index (χ2n) is 6.05. The van der Waals surface area contributed by atoms with Crippen molar-refractivity contribution in [1.82, 2.24) is 9.62 Å². The molecule has 1 saturated carbocycles. The number of hydrogen-bond acceptors (Lipinski definition) is 3. The Balaban J connectivity index is 1.79. The van der Waals surface area contributed by atoms with E-state index in [9.17, 15) is 13.2 Å². The zero-order chi connectivity index (χ0) is 14.0. The molecule has 0 aromatic carbocycles. The van der Waals surface area contributed by atoms with Crippen molar-refractivity contribution in [2.75, 3.05) is 19.3 Å². The molecule has 19 heavy (non-hydrogen) atoms. The number of piperidine rings is 1. The summed E-state index contributed by atoms with van der Waals surface area (Å²) in [6.45, 7) is 3.12. The predicted octanol–water partition coefficient (Wildman–Crippen LogP) is 0.963. The Morgan fingerprint density at radius 2 is 2.05 bits per heavy atom. The predicted molar refractivity (Wildman–Crippen MR) is 74.1 cm³/mol. The lowest BCUT2D eigenvalue weighted by Gasteiger charge is -2.31. The van der Waals surface area contributed by atoms with E-state index in [-0.39, 0.29) is 11.9 Å². The van der Waals surface area contributed by atoms with Crippen LogP contribution in [0.4, 0.5) is 0 Å². The van der Waals surface area contributed by atoms with Crippen molar-refractivity contribution in [2.24, 2.45) is 11.8 Å². The van der Waals surface area contributed by atoms with E-state index in [1.54, 1.807) is 0 Å². The van der Waals surface area contributed by atoms with E-state index in [4.69, 9.17) is 0 Å². The van der Waals surface area contributed by atoms with E-state index in [2.05, 4.69) is 12.2 Å². The largest absolute Gasteiger partial charge is 0.352 e. The molecular weight excluding hydrogens is 264 g/mol. The normalized spacial score (nSPS) is 26.9. The molecule has 1 aliphatic carbocycles. The molecule has 1 heterocycles. The number of hydrogen-bond donors (Lipinski definition) is 1. The molecule has 6 heteroatoms. The summed E-state index contributed by atoms with van der Waals surface area (Å²) in [6.07, 6.45) is 5.98. The summed E-state index contributed by atoms with van der Waals surface area (Å²) in [5.74, 6) is 1.25. The summed E-state index contributed by atoms with van der Waals surface area (Å²) < 4.78 is 24.5. The Labute approximate surface area is 115 Å². The van der Waals surface area contributed by atoms with Gasteiger partial charge in [0.1, 0.15) is 0 Å². The van der Waals surface area contributed by atoms with Gasteiger partial charge in [0.05, 0.1) is 6.26 Å². The van der Waals surface area contributed by atoms with Crippen LogP contribution in [0.5, 0.6) is 0 Å². The van der Waals surface area contributed by atoms with Crippen LogP contribution in [0.15, 0.2) is 0 Å². The molecule has 1 N–H and O–H groups in total. The smallest absolute Gasteiger partial charge is 0.220 e. The minimum Gasteiger partial charge on any atom is -0.352 e. The average molecular weight is 288 g/mol. The number of amides is 1. The van der Waals surface area contributed by atoms with Gasteiger partial charge in [0.15, 0.2) is 0 Å². The molecule has 5 nitrogen and oxygen atoms in total. The molecule has 110 valence electrons. The summed E-state index contributed by atoms with van der Waals surface area (Å²) in [7, 11) is -3.14. The van der Waals surface area contributed by atoms with E-state index in [0.29, 0.717) is 25.4 Å². The molecule has 0 spiro atoms. The number of carbonyl (C=O) groups is 1. The molecule has 2 fully saturated rings. The fraction of sp³-hybridized carbons (Fsp3) is 0.923. The van der Waals surface area contributed by atoms with Gasteiger partial charge in [-0.15, -0.1) is 0 Å². The van der Waals surface area contributed by atoms with E-state index >= 15 is 0 Å². The number of rotatable bonds is 5. The Bertz CT molecular complexity index is 431. The first-order chi connectivity index (χ1) is 8.86. The van der Waals surface area contributed by atoms with Crippen molar-refractivity contribution in [3.63, 3.8) is 0 Å². The van der Waals surface area contributed by atoms with Crippen molar-refractivity contribution in [3.05, 3.63) is 0 Å². The van der Waals surface area contributed by atoms with Gasteiger partial charge in [-0.2, -0.15) is 0 Å². The quantitative estimate of drug-likeness (QED) is 0.819. The molecule has 1 aliphatic heterocycles. The van der Waals surface area contributed by atoms with Crippen LogP contribution in [0.2, 0.25) is 0 Å². The van der Waals surface area contributed by atoms with Gasteiger partial charge in [-0.1, -0.05) is 6.92 Å². The highest BCUT2D eigenvalue weighted by atomic mass is 32.2. The van der Waals surface area contributed by atoms with Gasteiger partial charge in [0.25, 0.3) is 0 Å². The lowest BCUT2D eigenvalue weighted by molar-refractivity contribution is -0.123. The van der Waals surface area contributed by atoms with Gasteiger partial charge in [-0.05, 0) is 37.5 Å². The number of carbonyl (C=O) groups excluding carboxylic acids is 1. The van der Waals surface area contributed by atoms with Gasteiger partial charge in [-0.25, -0.2) is 12.7 Å². The zero-order valence-electron chi connectivity index (χ0n) is 11.8. The maximum Gasteiger partial charge on any atom is 0.220 e. The third-order valence-electron chi connectivity index (χ3n) is 4.15. The highest BCUT2D eigenvalue weighted by Crippen LogP contribution is 2.38. The standard InChI is InChI=1S/C13H24N2O3S/c1-10(11-5-6-11)8-13(16)14-12-4-3-7-15(9-12)19(2,17)18/h10-12H,3-9H2,1-2H3,(H,14,16)/t10-,12-/m0/s1. The monoisotopic (exact) mass is 288 g/mol. The zero-order valence-corrected chi connectivity index (χ0v) is 12.6. The fourth-order valence-electron chi connectivity index (χ4n) is 2.77. The average Bonchev–Trinajstić information content (AvgIpc) is 3.11. The molecule has 0 bridgehead atoms. The number of sulfonamides is 1. The lowest BCUT2D eigenvalue weighted by Crippen LogP contribution is -2.49. The molecule has 0 aromatic rings. The first kappa shape index (κ1) is 14.8. The Hall–Kier alpha value is -0.620. The maximum atomic E-state index is 11.9. The fourth-order valence-corrected chi connectivity index (χ4v) is 3.68. The molecule has 0 aromatic heterocycles. The minimum absolute atomic E-state index is 0.0256. The van der Waals surface area contributed by atoms with Crippen LogP contribution in [0.25, 0.3) is 0 Å². The van der Waals surface area contributed by atoms with E-state index < -0.39 is 10.0 Å². The summed E-state index contributed by atoms with van der Waals surface area (Å²) in [5, 5.41) is 2.99. The SMILES string of the molecule is C[C@@H](CC(=O)N[C@H]1CCCN(S(C)(=O)=O)C1)C1CC1. The van der Waals surface area contributed by atoms with Crippen LogP contribution in [0.1, 0.15) is 39.0 Å². The van der Waals surface area contributed by atoms with Crippen LogP contribution in [-0.4, -0.2) is 44.0 Å². The van der Waals surface area contributed by atoms with Gasteiger partial charge >= 0.3 is 0 Å². The molecule has 0 radical (unpaired) electrons. The highest BCUT2D eigenvalue weighted by Gasteiger charge is 2.31. The minimum atomic E-state index is -3.14. The van der Waals surface area contributed by atoms with Crippen LogP contribution < -0.4 is 5.32 Å². The van der Waals surface area contributed by atoms with E-state index in [1.807, 2.05) is 0 Å². The van der Waals surface area contributed by atoms with Crippen LogP contribution in [0, 0.1) is 11.8 Å². The van der Waals surface area contributed by atoms with Crippen LogP contribution >= 0.6 is 0 Å². The summed E-state index contributed by atoms with van der Waals surface area (Å²) in [5.41, 5.74) is 0.